The molecule has 2 aromatic carbocycles. The molecule has 0 bridgehead atoms. The van der Waals surface area contributed by atoms with Gasteiger partial charge in [-0.3, -0.25) is 4.90 Å². The number of hydrogen-bond acceptors (Lipinski definition) is 5. The number of ether oxygens (including phenoxy) is 1. The maximum Gasteiger partial charge on any atom is 0.0594 e. The third-order valence-corrected chi connectivity index (χ3v) is 9.42. The Morgan fingerprint density at radius 3 is 2.71 bits per heavy atom. The van der Waals surface area contributed by atoms with Gasteiger partial charge in [-0.2, -0.15) is 0 Å². The summed E-state index contributed by atoms with van der Waals surface area (Å²) in [6.07, 6.45) is 5.24. The molecule has 6 heteroatoms. The fourth-order valence-corrected chi connectivity index (χ4v) is 7.53. The van der Waals surface area contributed by atoms with Gasteiger partial charge < -0.3 is 10.1 Å². The average Bonchev–Trinajstić information content (AvgIpc) is 2.74. The predicted octanol–water partition coefficient (Wildman–Crippen LogP) is 6.12. The van der Waals surface area contributed by atoms with Crippen LogP contribution in [0.5, 0.6) is 0 Å². The molecule has 1 saturated carbocycles. The molecule has 0 unspecified atom stereocenters. The first-order valence-corrected chi connectivity index (χ1v) is 12.6. The first-order chi connectivity index (χ1) is 13.8. The molecule has 148 valence electrons. The Hall–Kier alpha value is -0.660. The van der Waals surface area contributed by atoms with Gasteiger partial charge in [0, 0.05) is 54.9 Å². The molecule has 0 aromatic heterocycles. The Kier molecular flexibility index (Phi) is 5.93. The second-order valence-electron chi connectivity index (χ2n) is 7.68. The topological polar surface area (TPSA) is 24.5 Å². The van der Waals surface area contributed by atoms with Crippen LogP contribution in [0.2, 0.25) is 0 Å². The number of nitrogens with one attached hydrogen (secondary N) is 1. The highest BCUT2D eigenvalue weighted by atomic mass is 79.9. The standard InChI is InChI=1S/C22H25BrN2OS2/c23-16-4-3-7-20-22(16)28-19-9-8-15(14-21(19)27-20)24-17-5-1-2-6-18(17)25-10-12-26-13-11-25/h3-4,7-9,14,17-18,24H,1-2,5-6,10-13H2/t17-,18-/m1/s1. The maximum absolute atomic E-state index is 5.57. The van der Waals surface area contributed by atoms with Gasteiger partial charge in [0.15, 0.2) is 0 Å². The molecule has 3 aliphatic rings. The Bertz CT molecular complexity index is 856. The summed E-state index contributed by atoms with van der Waals surface area (Å²) in [5.41, 5.74) is 1.26. The van der Waals surface area contributed by atoms with Gasteiger partial charge >= 0.3 is 0 Å². The lowest BCUT2D eigenvalue weighted by molar-refractivity contribution is 0.00560. The van der Waals surface area contributed by atoms with Crippen LogP contribution in [-0.2, 0) is 4.74 Å². The summed E-state index contributed by atoms with van der Waals surface area (Å²) in [7, 11) is 0. The summed E-state index contributed by atoms with van der Waals surface area (Å²) in [5.74, 6) is 0. The summed E-state index contributed by atoms with van der Waals surface area (Å²) in [6.45, 7) is 3.91. The van der Waals surface area contributed by atoms with Crippen molar-refractivity contribution in [2.24, 2.45) is 0 Å². The molecule has 0 amide bonds. The molecule has 5 rings (SSSR count). The van der Waals surface area contributed by atoms with E-state index >= 15 is 0 Å². The van der Waals surface area contributed by atoms with Crippen molar-refractivity contribution in [3.63, 3.8) is 0 Å². The lowest BCUT2D eigenvalue weighted by atomic mass is 9.88. The van der Waals surface area contributed by atoms with Crippen LogP contribution in [0.4, 0.5) is 5.69 Å². The van der Waals surface area contributed by atoms with E-state index in [1.165, 1.54) is 55.4 Å². The lowest BCUT2D eigenvalue weighted by Crippen LogP contribution is -2.52. The molecule has 2 aromatic rings. The molecule has 2 atom stereocenters. The van der Waals surface area contributed by atoms with Gasteiger partial charge in [0.1, 0.15) is 0 Å². The van der Waals surface area contributed by atoms with E-state index in [0.717, 1.165) is 26.3 Å². The van der Waals surface area contributed by atoms with Crippen LogP contribution in [-0.4, -0.2) is 43.3 Å². The second-order valence-corrected chi connectivity index (χ2v) is 10.7. The summed E-state index contributed by atoms with van der Waals surface area (Å²) in [6, 6.07) is 14.5. The van der Waals surface area contributed by atoms with Gasteiger partial charge in [0.05, 0.1) is 13.2 Å². The minimum absolute atomic E-state index is 0.535. The molecule has 2 heterocycles. The summed E-state index contributed by atoms with van der Waals surface area (Å²) >= 11 is 7.45. The molecular formula is C22H25BrN2OS2. The number of hydrogen-bond donors (Lipinski definition) is 1. The van der Waals surface area contributed by atoms with E-state index in [1.54, 1.807) is 0 Å². The van der Waals surface area contributed by atoms with E-state index in [0.29, 0.717) is 12.1 Å². The fourth-order valence-electron chi connectivity index (χ4n) is 4.50. The van der Waals surface area contributed by atoms with Crippen molar-refractivity contribution in [3.8, 4) is 0 Å². The molecule has 2 aliphatic heterocycles. The first-order valence-electron chi connectivity index (χ1n) is 10.1. The second kappa shape index (κ2) is 8.60. The van der Waals surface area contributed by atoms with Crippen LogP contribution in [0.1, 0.15) is 25.7 Å². The van der Waals surface area contributed by atoms with Crippen LogP contribution in [0.25, 0.3) is 0 Å². The van der Waals surface area contributed by atoms with Crippen LogP contribution >= 0.6 is 39.5 Å². The Morgan fingerprint density at radius 2 is 1.82 bits per heavy atom. The van der Waals surface area contributed by atoms with Crippen LogP contribution in [0.15, 0.2) is 60.5 Å². The molecule has 1 saturated heterocycles. The van der Waals surface area contributed by atoms with Crippen molar-refractivity contribution in [3.05, 3.63) is 40.9 Å². The van der Waals surface area contributed by atoms with Gasteiger partial charge in [0.25, 0.3) is 0 Å². The first kappa shape index (κ1) is 19.3. The molecule has 1 N–H and O–H groups in total. The van der Waals surface area contributed by atoms with Crippen molar-refractivity contribution in [1.29, 1.82) is 0 Å². The SMILES string of the molecule is Brc1cccc2c1Sc1ccc(N[C@@H]3CCCC[C@H]3N3CCOCC3)cc1S2. The third kappa shape index (κ3) is 3.99. The number of rotatable bonds is 3. The van der Waals surface area contributed by atoms with Crippen LogP contribution in [0.3, 0.4) is 0 Å². The van der Waals surface area contributed by atoms with E-state index in [9.17, 15) is 0 Å². The highest BCUT2D eigenvalue weighted by molar-refractivity contribution is 9.10. The highest BCUT2D eigenvalue weighted by Crippen LogP contribution is 2.51. The van der Waals surface area contributed by atoms with E-state index < -0.39 is 0 Å². The van der Waals surface area contributed by atoms with Crippen molar-refractivity contribution < 1.29 is 4.74 Å². The van der Waals surface area contributed by atoms with Crippen LogP contribution in [0, 0.1) is 0 Å². The smallest absolute Gasteiger partial charge is 0.0594 e. The number of nitrogens with zero attached hydrogens (tertiary/aromatic N) is 1. The Balaban J connectivity index is 1.34. The molecule has 28 heavy (non-hydrogen) atoms. The number of halogens is 1. The largest absolute Gasteiger partial charge is 0.381 e. The van der Waals surface area contributed by atoms with Crippen molar-refractivity contribution in [1.82, 2.24) is 4.90 Å². The number of fused-ring (bicyclic) bond motifs is 2. The number of anilines is 1. The van der Waals surface area contributed by atoms with Gasteiger partial charge in [-0.25, -0.2) is 0 Å². The zero-order valence-corrected chi connectivity index (χ0v) is 19.0. The zero-order chi connectivity index (χ0) is 18.9. The van der Waals surface area contributed by atoms with Crippen molar-refractivity contribution >= 4 is 45.1 Å². The van der Waals surface area contributed by atoms with Gasteiger partial charge in [-0.05, 0) is 59.1 Å². The van der Waals surface area contributed by atoms with Gasteiger partial charge in [-0.15, -0.1) is 0 Å². The Morgan fingerprint density at radius 1 is 0.964 bits per heavy atom. The van der Waals surface area contributed by atoms with Crippen molar-refractivity contribution in [2.75, 3.05) is 31.6 Å². The molecule has 0 radical (unpaired) electrons. The predicted molar refractivity (Wildman–Crippen MR) is 121 cm³/mol. The lowest BCUT2D eigenvalue weighted by Gasteiger charge is -2.42. The van der Waals surface area contributed by atoms with E-state index in [-0.39, 0.29) is 0 Å². The maximum atomic E-state index is 5.57. The Labute approximate surface area is 184 Å². The van der Waals surface area contributed by atoms with Gasteiger partial charge in [0.2, 0.25) is 0 Å². The number of morpholine rings is 1. The molecule has 3 nitrogen and oxygen atoms in total. The minimum atomic E-state index is 0.535. The van der Waals surface area contributed by atoms with E-state index in [1.807, 2.05) is 23.5 Å². The molecule has 2 fully saturated rings. The summed E-state index contributed by atoms with van der Waals surface area (Å²) in [5, 5.41) is 3.90. The minimum Gasteiger partial charge on any atom is -0.381 e. The number of benzene rings is 2. The summed E-state index contributed by atoms with van der Waals surface area (Å²) < 4.78 is 6.76. The molecular weight excluding hydrogens is 452 g/mol. The molecule has 1 aliphatic carbocycles. The fraction of sp³-hybridized carbons (Fsp3) is 0.455. The van der Waals surface area contributed by atoms with Gasteiger partial charge in [-0.1, -0.05) is 42.4 Å². The normalized spacial score (nSPS) is 25.0. The van der Waals surface area contributed by atoms with Crippen LogP contribution < -0.4 is 5.32 Å². The highest BCUT2D eigenvalue weighted by Gasteiger charge is 2.31. The van der Waals surface area contributed by atoms with E-state index in [4.69, 9.17) is 4.74 Å². The third-order valence-electron chi connectivity index (χ3n) is 5.90. The van der Waals surface area contributed by atoms with Crippen molar-refractivity contribution in [2.45, 2.75) is 57.3 Å². The summed E-state index contributed by atoms with van der Waals surface area (Å²) in [4.78, 5) is 8.04. The zero-order valence-electron chi connectivity index (χ0n) is 15.8. The average molecular weight is 477 g/mol. The quantitative estimate of drug-likeness (QED) is 0.490. The monoisotopic (exact) mass is 476 g/mol. The van der Waals surface area contributed by atoms with E-state index in [2.05, 4.69) is 62.5 Å². The molecule has 0 spiro atoms.